The smallest absolute Gasteiger partial charge is 0.354 e. The Labute approximate surface area is 103 Å². The Balaban J connectivity index is 3.38. The van der Waals surface area contributed by atoms with Crippen LogP contribution in [-0.2, 0) is 5.88 Å². The van der Waals surface area contributed by atoms with E-state index in [4.69, 9.17) is 16.7 Å². The Morgan fingerprint density at radius 2 is 2.27 bits per heavy atom. The van der Waals surface area contributed by atoms with Crippen molar-refractivity contribution in [2.45, 2.75) is 12.3 Å². The average molecular weight is 347 g/mol. The van der Waals surface area contributed by atoms with Gasteiger partial charge >= 0.3 is 5.97 Å². The molecule has 82 valence electrons. The van der Waals surface area contributed by atoms with E-state index in [1.807, 2.05) is 0 Å². The van der Waals surface area contributed by atoms with Gasteiger partial charge < -0.3 is 5.11 Å². The lowest BCUT2D eigenvalue weighted by atomic mass is 10.2. The van der Waals surface area contributed by atoms with Crippen molar-refractivity contribution in [3.63, 3.8) is 0 Å². The van der Waals surface area contributed by atoms with Crippen LogP contribution in [-0.4, -0.2) is 16.1 Å². The Morgan fingerprint density at radius 3 is 2.67 bits per heavy atom. The minimum absolute atomic E-state index is 0.0981. The van der Waals surface area contributed by atoms with Crippen LogP contribution in [0.5, 0.6) is 0 Å². The first-order valence-electron chi connectivity index (χ1n) is 3.74. The van der Waals surface area contributed by atoms with E-state index < -0.39 is 18.1 Å². The first kappa shape index (κ1) is 12.6. The van der Waals surface area contributed by atoms with Crippen molar-refractivity contribution in [1.82, 2.24) is 4.98 Å². The highest BCUT2D eigenvalue weighted by Gasteiger charge is 2.19. The number of rotatable bonds is 3. The van der Waals surface area contributed by atoms with E-state index in [2.05, 4.69) is 4.98 Å². The van der Waals surface area contributed by atoms with Crippen LogP contribution in [0.4, 0.5) is 8.78 Å². The fourth-order valence-electron chi connectivity index (χ4n) is 0.961. The second kappa shape index (κ2) is 5.02. The van der Waals surface area contributed by atoms with Gasteiger partial charge in [0.05, 0.1) is 11.6 Å². The quantitative estimate of drug-likeness (QED) is 0.675. The van der Waals surface area contributed by atoms with Gasteiger partial charge in [-0.2, -0.15) is 0 Å². The molecule has 0 aliphatic rings. The Bertz CT molecular complexity index is 400. The average Bonchev–Trinajstić information content (AvgIpc) is 2.17. The third-order valence-electron chi connectivity index (χ3n) is 1.64. The van der Waals surface area contributed by atoms with Gasteiger partial charge in [0.2, 0.25) is 0 Å². The third-order valence-corrected chi connectivity index (χ3v) is 3.13. The van der Waals surface area contributed by atoms with Crippen LogP contribution in [0.2, 0.25) is 0 Å². The van der Waals surface area contributed by atoms with Gasteiger partial charge in [-0.1, -0.05) is 0 Å². The van der Waals surface area contributed by atoms with Crippen LogP contribution in [0.3, 0.4) is 0 Å². The molecule has 7 heteroatoms. The number of carbonyl (C=O) groups is 1. The summed E-state index contributed by atoms with van der Waals surface area (Å²) in [6, 6.07) is 0.866. The summed E-state index contributed by atoms with van der Waals surface area (Å²) in [6.07, 6.45) is -2.74. The van der Waals surface area contributed by atoms with Crippen molar-refractivity contribution in [2.75, 3.05) is 0 Å². The van der Waals surface area contributed by atoms with Gasteiger partial charge in [-0.3, -0.25) is 0 Å². The Morgan fingerprint density at radius 1 is 1.67 bits per heavy atom. The van der Waals surface area contributed by atoms with Crippen molar-refractivity contribution in [1.29, 1.82) is 0 Å². The largest absolute Gasteiger partial charge is 0.477 e. The normalized spacial score (nSPS) is 10.7. The highest BCUT2D eigenvalue weighted by Crippen LogP contribution is 2.27. The molecule has 15 heavy (non-hydrogen) atoms. The second-order valence-corrected chi connectivity index (χ2v) is 3.94. The Hall–Kier alpha value is -0.500. The highest BCUT2D eigenvalue weighted by atomic mass is 127. The number of carboxylic acid groups (broad SMARTS) is 1. The topological polar surface area (TPSA) is 50.2 Å². The van der Waals surface area contributed by atoms with Crippen LogP contribution >= 0.6 is 34.2 Å². The van der Waals surface area contributed by atoms with Crippen molar-refractivity contribution >= 4 is 40.2 Å². The zero-order chi connectivity index (χ0) is 11.6. The lowest BCUT2D eigenvalue weighted by Crippen LogP contribution is -2.07. The zero-order valence-electron chi connectivity index (χ0n) is 7.18. The Kier molecular flexibility index (Phi) is 4.21. The van der Waals surface area contributed by atoms with E-state index in [1.165, 1.54) is 0 Å². The SMILES string of the molecule is O=C(O)c1cc(C(F)F)c(I)c(CCl)n1. The molecule has 0 aliphatic carbocycles. The van der Waals surface area contributed by atoms with Crippen LogP contribution in [0.15, 0.2) is 6.07 Å². The molecule has 1 N–H and O–H groups in total. The molecule has 1 rings (SSSR count). The maximum atomic E-state index is 12.5. The van der Waals surface area contributed by atoms with E-state index in [9.17, 15) is 13.6 Å². The summed E-state index contributed by atoms with van der Waals surface area (Å²) in [5.74, 6) is -1.45. The molecule has 0 amide bonds. The van der Waals surface area contributed by atoms with Crippen molar-refractivity contribution < 1.29 is 18.7 Å². The minimum Gasteiger partial charge on any atom is -0.477 e. The molecule has 0 aliphatic heterocycles. The molecule has 0 radical (unpaired) electrons. The fourth-order valence-corrected chi connectivity index (χ4v) is 2.08. The van der Waals surface area contributed by atoms with E-state index >= 15 is 0 Å². The van der Waals surface area contributed by atoms with Gasteiger partial charge in [-0.15, -0.1) is 11.6 Å². The lowest BCUT2D eigenvalue weighted by molar-refractivity contribution is 0.0689. The molecule has 0 aromatic carbocycles. The fraction of sp³-hybridized carbons (Fsp3) is 0.250. The number of nitrogens with zero attached hydrogens (tertiary/aromatic N) is 1. The minimum atomic E-state index is -2.74. The number of aromatic nitrogens is 1. The van der Waals surface area contributed by atoms with E-state index in [-0.39, 0.29) is 20.7 Å². The molecule has 1 heterocycles. The summed E-state index contributed by atoms with van der Waals surface area (Å²) >= 11 is 7.16. The summed E-state index contributed by atoms with van der Waals surface area (Å²) in [6.45, 7) is 0. The molecular formula is C8H5ClF2INO2. The van der Waals surface area contributed by atoms with Crippen LogP contribution < -0.4 is 0 Å². The van der Waals surface area contributed by atoms with Gasteiger partial charge in [0.1, 0.15) is 5.69 Å². The number of carboxylic acids is 1. The first-order valence-corrected chi connectivity index (χ1v) is 5.35. The molecule has 3 nitrogen and oxygen atoms in total. The molecule has 0 saturated heterocycles. The molecule has 0 saturated carbocycles. The van der Waals surface area contributed by atoms with E-state index in [1.54, 1.807) is 22.6 Å². The molecule has 1 aromatic heterocycles. The van der Waals surface area contributed by atoms with Crippen molar-refractivity contribution in [3.8, 4) is 0 Å². The summed E-state index contributed by atoms with van der Waals surface area (Å²) in [5.41, 5.74) is -0.604. The van der Waals surface area contributed by atoms with Crippen molar-refractivity contribution in [3.05, 3.63) is 26.6 Å². The number of hydrogen-bond donors (Lipinski definition) is 1. The van der Waals surface area contributed by atoms with Crippen LogP contribution in [0.1, 0.15) is 28.2 Å². The molecule has 0 fully saturated rings. The second-order valence-electron chi connectivity index (χ2n) is 2.60. The molecule has 0 unspecified atom stereocenters. The third kappa shape index (κ3) is 2.75. The summed E-state index contributed by atoms with van der Waals surface area (Å²) in [5, 5.41) is 8.65. The summed E-state index contributed by atoms with van der Waals surface area (Å²) in [7, 11) is 0. The van der Waals surface area contributed by atoms with Gasteiger partial charge in [-0.25, -0.2) is 18.6 Å². The molecule has 0 spiro atoms. The van der Waals surface area contributed by atoms with Gasteiger partial charge in [-0.05, 0) is 28.7 Å². The lowest BCUT2D eigenvalue weighted by Gasteiger charge is -2.08. The van der Waals surface area contributed by atoms with E-state index in [0.29, 0.717) is 0 Å². The monoisotopic (exact) mass is 347 g/mol. The number of aromatic carboxylic acids is 1. The van der Waals surface area contributed by atoms with Gasteiger partial charge in [0, 0.05) is 9.13 Å². The maximum Gasteiger partial charge on any atom is 0.354 e. The van der Waals surface area contributed by atoms with E-state index in [0.717, 1.165) is 6.07 Å². The number of hydrogen-bond acceptors (Lipinski definition) is 2. The van der Waals surface area contributed by atoms with Crippen LogP contribution in [0.25, 0.3) is 0 Å². The molecule has 1 aromatic rings. The maximum absolute atomic E-state index is 12.5. The number of pyridine rings is 1. The molecule has 0 atom stereocenters. The molecule has 0 bridgehead atoms. The molecular weight excluding hydrogens is 342 g/mol. The predicted molar refractivity (Wildman–Crippen MR) is 58.4 cm³/mol. The number of alkyl halides is 3. The van der Waals surface area contributed by atoms with Crippen LogP contribution in [0, 0.1) is 3.57 Å². The van der Waals surface area contributed by atoms with Gasteiger partial charge in [0.25, 0.3) is 6.43 Å². The zero-order valence-corrected chi connectivity index (χ0v) is 10.1. The predicted octanol–water partition coefficient (Wildman–Crippen LogP) is 3.06. The van der Waals surface area contributed by atoms with Gasteiger partial charge in [0.15, 0.2) is 0 Å². The standard InChI is InChI=1S/C8H5ClF2INO2/c9-2-5-6(12)3(7(10)11)1-4(13-5)8(14)15/h1,7H,2H2,(H,14,15). The highest BCUT2D eigenvalue weighted by molar-refractivity contribution is 14.1. The summed E-state index contributed by atoms with van der Waals surface area (Å²) in [4.78, 5) is 14.3. The van der Waals surface area contributed by atoms with Crippen molar-refractivity contribution in [2.24, 2.45) is 0 Å². The summed E-state index contributed by atoms with van der Waals surface area (Å²) < 4.78 is 25.2. The first-order chi connectivity index (χ1) is 6.97. The number of halogens is 4.